The summed E-state index contributed by atoms with van der Waals surface area (Å²) < 4.78 is 0. The number of hydrogen-bond acceptors (Lipinski definition) is 1. The molecule has 2 rings (SSSR count). The van der Waals surface area contributed by atoms with Crippen LogP contribution in [0, 0.1) is 0 Å². The zero-order chi connectivity index (χ0) is 14.5. The summed E-state index contributed by atoms with van der Waals surface area (Å²) in [5, 5.41) is 0. The van der Waals surface area contributed by atoms with Crippen LogP contribution in [0.25, 0.3) is 11.1 Å². The molecule has 0 saturated carbocycles. The summed E-state index contributed by atoms with van der Waals surface area (Å²) in [6.07, 6.45) is 0. The van der Waals surface area contributed by atoms with Crippen LogP contribution in [0.5, 0.6) is 0 Å². The average molecular weight is 265 g/mol. The number of rotatable bonds is 3. The Kier molecular flexibility index (Phi) is 4.36. The number of likely N-dealkylation sites (N-methyl/N-ethyl adjacent to an activating group) is 1. The summed E-state index contributed by atoms with van der Waals surface area (Å²) in [5.41, 5.74) is 3.77. The van der Waals surface area contributed by atoms with Crippen LogP contribution in [0.1, 0.15) is 18.1 Å². The fourth-order valence-electron chi connectivity index (χ4n) is 2.16. The first-order valence-corrected chi connectivity index (χ1v) is 6.64. The van der Waals surface area contributed by atoms with Crippen LogP contribution in [0.2, 0.25) is 0 Å². The summed E-state index contributed by atoms with van der Waals surface area (Å²) in [6, 6.07) is 19.8. The van der Waals surface area contributed by atoms with E-state index >= 15 is 0 Å². The van der Waals surface area contributed by atoms with Gasteiger partial charge in [-0.2, -0.15) is 0 Å². The van der Waals surface area contributed by atoms with E-state index in [1.807, 2.05) is 67.6 Å². The number of nitrogens with zero attached hydrogens (tertiary/aromatic N) is 1. The molecule has 2 nitrogen and oxygen atoms in total. The topological polar surface area (TPSA) is 20.3 Å². The van der Waals surface area contributed by atoms with Gasteiger partial charge in [0, 0.05) is 14.1 Å². The molecule has 0 spiro atoms. The summed E-state index contributed by atoms with van der Waals surface area (Å²) in [7, 11) is 3.56. The van der Waals surface area contributed by atoms with Crippen LogP contribution in [0.3, 0.4) is 0 Å². The van der Waals surface area contributed by atoms with Crippen molar-refractivity contribution in [3.05, 3.63) is 71.8 Å². The number of allylic oxidation sites excluding steroid dienone is 1. The molecule has 0 unspecified atom stereocenters. The second-order valence-electron chi connectivity index (χ2n) is 4.93. The molecule has 0 aromatic heterocycles. The molecular formula is C18H19NO. The molecule has 2 heteroatoms. The minimum atomic E-state index is 0.0255. The molecule has 0 aliphatic carbocycles. The van der Waals surface area contributed by atoms with E-state index < -0.39 is 0 Å². The van der Waals surface area contributed by atoms with Crippen LogP contribution >= 0.6 is 0 Å². The molecule has 2 aromatic rings. The van der Waals surface area contributed by atoms with Crippen LogP contribution < -0.4 is 0 Å². The van der Waals surface area contributed by atoms with Gasteiger partial charge < -0.3 is 4.90 Å². The Labute approximate surface area is 120 Å². The molecule has 2 aromatic carbocycles. The Morgan fingerprint density at radius 3 is 1.70 bits per heavy atom. The quantitative estimate of drug-likeness (QED) is 0.612. The van der Waals surface area contributed by atoms with E-state index in [-0.39, 0.29) is 5.91 Å². The lowest BCUT2D eigenvalue weighted by atomic mass is 9.95. The van der Waals surface area contributed by atoms with Crippen molar-refractivity contribution < 1.29 is 4.79 Å². The van der Waals surface area contributed by atoms with Crippen LogP contribution in [0.4, 0.5) is 0 Å². The number of carbonyl (C=O) groups excluding carboxylic acids is 1. The summed E-state index contributed by atoms with van der Waals surface area (Å²) >= 11 is 0. The van der Waals surface area contributed by atoms with Gasteiger partial charge in [0.25, 0.3) is 5.91 Å². The maximum absolute atomic E-state index is 12.5. The third kappa shape index (κ3) is 2.97. The van der Waals surface area contributed by atoms with E-state index in [2.05, 4.69) is 0 Å². The Bertz CT molecular complexity index is 612. The largest absolute Gasteiger partial charge is 0.345 e. The van der Waals surface area contributed by atoms with Gasteiger partial charge in [-0.1, -0.05) is 60.7 Å². The highest BCUT2D eigenvalue weighted by molar-refractivity contribution is 6.26. The zero-order valence-corrected chi connectivity index (χ0v) is 12.1. The van der Waals surface area contributed by atoms with Gasteiger partial charge in [-0.05, 0) is 23.6 Å². The predicted octanol–water partition coefficient (Wildman–Crippen LogP) is 3.71. The van der Waals surface area contributed by atoms with Gasteiger partial charge in [0.2, 0.25) is 0 Å². The molecule has 0 atom stereocenters. The van der Waals surface area contributed by atoms with E-state index in [9.17, 15) is 4.79 Å². The lowest BCUT2D eigenvalue weighted by molar-refractivity contribution is -0.122. The SMILES string of the molecule is C/C(=C(/C(=O)N(C)C)c1ccccc1)c1ccccc1. The van der Waals surface area contributed by atoms with Crippen molar-refractivity contribution in [3.63, 3.8) is 0 Å². The van der Waals surface area contributed by atoms with E-state index in [0.29, 0.717) is 0 Å². The van der Waals surface area contributed by atoms with Gasteiger partial charge in [0.15, 0.2) is 0 Å². The Morgan fingerprint density at radius 2 is 1.25 bits per heavy atom. The van der Waals surface area contributed by atoms with Crippen molar-refractivity contribution in [2.45, 2.75) is 6.92 Å². The molecule has 0 aliphatic rings. The van der Waals surface area contributed by atoms with Gasteiger partial charge in [-0.25, -0.2) is 0 Å². The molecule has 20 heavy (non-hydrogen) atoms. The fraction of sp³-hybridized carbons (Fsp3) is 0.167. The monoisotopic (exact) mass is 265 g/mol. The van der Waals surface area contributed by atoms with E-state index in [0.717, 1.165) is 22.3 Å². The average Bonchev–Trinajstić information content (AvgIpc) is 2.49. The maximum Gasteiger partial charge on any atom is 0.254 e. The Balaban J connectivity index is 2.61. The normalized spacial score (nSPS) is 11.8. The van der Waals surface area contributed by atoms with Gasteiger partial charge in [-0.15, -0.1) is 0 Å². The first-order valence-electron chi connectivity index (χ1n) is 6.64. The Hall–Kier alpha value is -2.35. The molecule has 102 valence electrons. The van der Waals surface area contributed by atoms with Crippen LogP contribution in [0.15, 0.2) is 60.7 Å². The lowest BCUT2D eigenvalue weighted by Gasteiger charge is -2.17. The second kappa shape index (κ2) is 6.20. The second-order valence-corrected chi connectivity index (χ2v) is 4.93. The highest BCUT2D eigenvalue weighted by atomic mass is 16.2. The third-order valence-corrected chi connectivity index (χ3v) is 3.26. The summed E-state index contributed by atoms with van der Waals surface area (Å²) in [4.78, 5) is 14.1. The van der Waals surface area contributed by atoms with Crippen molar-refractivity contribution in [2.75, 3.05) is 14.1 Å². The molecule has 0 heterocycles. The van der Waals surface area contributed by atoms with Gasteiger partial charge in [0.1, 0.15) is 0 Å². The van der Waals surface area contributed by atoms with Crippen molar-refractivity contribution in [1.82, 2.24) is 4.90 Å². The maximum atomic E-state index is 12.5. The molecular weight excluding hydrogens is 246 g/mol. The minimum Gasteiger partial charge on any atom is -0.345 e. The first kappa shape index (κ1) is 14.1. The van der Waals surface area contributed by atoms with E-state index in [1.165, 1.54) is 0 Å². The molecule has 0 bridgehead atoms. The highest BCUT2D eigenvalue weighted by Crippen LogP contribution is 2.27. The number of hydrogen-bond donors (Lipinski definition) is 0. The number of amides is 1. The summed E-state index contributed by atoms with van der Waals surface area (Å²) in [6.45, 7) is 2.00. The molecule has 0 N–H and O–H groups in total. The van der Waals surface area contributed by atoms with Gasteiger partial charge in [-0.3, -0.25) is 4.79 Å². The van der Waals surface area contributed by atoms with Crippen molar-refractivity contribution in [1.29, 1.82) is 0 Å². The molecule has 1 amide bonds. The fourth-order valence-corrected chi connectivity index (χ4v) is 2.16. The first-order chi connectivity index (χ1) is 9.61. The van der Waals surface area contributed by atoms with Crippen molar-refractivity contribution in [3.8, 4) is 0 Å². The molecule has 0 aliphatic heterocycles. The van der Waals surface area contributed by atoms with Crippen molar-refractivity contribution in [2.24, 2.45) is 0 Å². The zero-order valence-electron chi connectivity index (χ0n) is 12.1. The lowest BCUT2D eigenvalue weighted by Crippen LogP contribution is -2.23. The predicted molar refractivity (Wildman–Crippen MR) is 84.1 cm³/mol. The molecule has 0 saturated heterocycles. The molecule has 0 fully saturated rings. The van der Waals surface area contributed by atoms with E-state index in [1.54, 1.807) is 19.0 Å². The standard InChI is InChI=1S/C18H19NO/c1-14(15-10-6-4-7-11-15)17(18(20)19(2)3)16-12-8-5-9-13-16/h4-13H,1-3H3/b17-14-. The van der Waals surface area contributed by atoms with E-state index in [4.69, 9.17) is 0 Å². The van der Waals surface area contributed by atoms with Gasteiger partial charge >= 0.3 is 0 Å². The number of benzene rings is 2. The van der Waals surface area contributed by atoms with Crippen LogP contribution in [-0.2, 0) is 4.79 Å². The molecule has 0 radical (unpaired) electrons. The summed E-state index contributed by atoms with van der Waals surface area (Å²) in [5.74, 6) is 0.0255. The smallest absolute Gasteiger partial charge is 0.254 e. The Morgan fingerprint density at radius 1 is 0.800 bits per heavy atom. The third-order valence-electron chi connectivity index (χ3n) is 3.26. The van der Waals surface area contributed by atoms with Crippen molar-refractivity contribution >= 4 is 17.1 Å². The van der Waals surface area contributed by atoms with Crippen LogP contribution in [-0.4, -0.2) is 24.9 Å². The minimum absolute atomic E-state index is 0.0255. The van der Waals surface area contributed by atoms with Gasteiger partial charge in [0.05, 0.1) is 5.57 Å². The highest BCUT2D eigenvalue weighted by Gasteiger charge is 2.17. The number of carbonyl (C=O) groups is 1.